The maximum absolute atomic E-state index is 5.66. The summed E-state index contributed by atoms with van der Waals surface area (Å²) in [6.07, 6.45) is 0. The zero-order valence-electron chi connectivity index (χ0n) is 14.1. The maximum Gasteiger partial charge on any atom is 0.191 e. The monoisotopic (exact) mass is 421 g/mol. The van der Waals surface area contributed by atoms with Gasteiger partial charge in [0.05, 0.1) is 19.3 Å². The summed E-state index contributed by atoms with van der Waals surface area (Å²) in [5.41, 5.74) is 1.13. The molecule has 1 atom stereocenters. The van der Waals surface area contributed by atoms with E-state index in [1.54, 1.807) is 7.05 Å². The van der Waals surface area contributed by atoms with Gasteiger partial charge in [-0.25, -0.2) is 0 Å². The van der Waals surface area contributed by atoms with Crippen LogP contribution >= 0.6 is 24.0 Å². The van der Waals surface area contributed by atoms with Crippen LogP contribution in [0, 0.1) is 0 Å². The highest BCUT2D eigenvalue weighted by atomic mass is 127. The summed E-state index contributed by atoms with van der Waals surface area (Å²) in [5.74, 6) is 2.35. The molecule has 0 bridgehead atoms. The molecule has 22 heavy (non-hydrogen) atoms. The molecule has 5 nitrogen and oxygen atoms in total. The molecule has 0 amide bonds. The molecule has 0 aliphatic heterocycles. The van der Waals surface area contributed by atoms with Gasteiger partial charge in [-0.05, 0) is 45.4 Å². The molecule has 126 valence electrons. The van der Waals surface area contributed by atoms with Gasteiger partial charge in [-0.15, -0.1) is 24.0 Å². The Bertz CT molecular complexity index is 467. The molecule has 0 heterocycles. The second kappa shape index (κ2) is 11.4. The van der Waals surface area contributed by atoms with E-state index in [0.717, 1.165) is 29.6 Å². The van der Waals surface area contributed by atoms with E-state index in [2.05, 4.69) is 22.5 Å². The third-order valence-corrected chi connectivity index (χ3v) is 2.99. The van der Waals surface area contributed by atoms with E-state index in [4.69, 9.17) is 9.47 Å². The molecule has 1 aromatic carbocycles. The lowest BCUT2D eigenvalue weighted by Crippen LogP contribution is -2.38. The molecular weight excluding hydrogens is 393 g/mol. The van der Waals surface area contributed by atoms with Crippen LogP contribution in [0.4, 0.5) is 0 Å². The van der Waals surface area contributed by atoms with Gasteiger partial charge in [-0.3, -0.25) is 4.99 Å². The van der Waals surface area contributed by atoms with Crippen molar-refractivity contribution >= 4 is 29.9 Å². The average molecular weight is 421 g/mol. The van der Waals surface area contributed by atoms with Crippen molar-refractivity contribution in [3.05, 3.63) is 23.8 Å². The molecule has 1 unspecified atom stereocenters. The maximum atomic E-state index is 5.66. The smallest absolute Gasteiger partial charge is 0.191 e. The van der Waals surface area contributed by atoms with Crippen molar-refractivity contribution in [3.63, 3.8) is 0 Å². The molecular formula is C16H28IN3O2. The second-order valence-electron chi connectivity index (χ2n) is 4.54. The molecule has 0 saturated heterocycles. The number of ether oxygens (including phenoxy) is 2. The molecule has 0 aliphatic carbocycles. The van der Waals surface area contributed by atoms with Crippen molar-refractivity contribution in [2.75, 3.05) is 26.8 Å². The minimum Gasteiger partial charge on any atom is -0.490 e. The largest absolute Gasteiger partial charge is 0.490 e. The topological polar surface area (TPSA) is 54.9 Å². The third kappa shape index (κ3) is 6.29. The lowest BCUT2D eigenvalue weighted by Gasteiger charge is -2.19. The zero-order chi connectivity index (χ0) is 15.7. The SMILES string of the molecule is CCNC(=NC)NC(C)c1ccc(OCC)c(OCC)c1.I. The lowest BCUT2D eigenvalue weighted by atomic mass is 10.1. The van der Waals surface area contributed by atoms with E-state index >= 15 is 0 Å². The molecule has 1 aromatic rings. The van der Waals surface area contributed by atoms with E-state index in [9.17, 15) is 0 Å². The minimum atomic E-state index is 0. The normalized spacial score (nSPS) is 12.1. The predicted octanol–water partition coefficient (Wildman–Crippen LogP) is 3.35. The lowest BCUT2D eigenvalue weighted by molar-refractivity contribution is 0.287. The molecule has 0 saturated carbocycles. The molecule has 1 rings (SSSR count). The van der Waals surface area contributed by atoms with Gasteiger partial charge in [0.2, 0.25) is 0 Å². The van der Waals surface area contributed by atoms with Crippen LogP contribution in [-0.2, 0) is 0 Å². The Kier molecular flexibility index (Phi) is 10.8. The molecule has 0 aromatic heterocycles. The average Bonchev–Trinajstić information content (AvgIpc) is 2.48. The van der Waals surface area contributed by atoms with Crippen LogP contribution in [0.5, 0.6) is 11.5 Å². The van der Waals surface area contributed by atoms with E-state index in [1.165, 1.54) is 0 Å². The van der Waals surface area contributed by atoms with Crippen LogP contribution < -0.4 is 20.1 Å². The first-order chi connectivity index (χ1) is 10.2. The first-order valence-corrected chi connectivity index (χ1v) is 7.52. The van der Waals surface area contributed by atoms with Gasteiger partial charge in [0, 0.05) is 13.6 Å². The Morgan fingerprint density at radius 1 is 1.14 bits per heavy atom. The number of benzene rings is 1. The Morgan fingerprint density at radius 3 is 2.32 bits per heavy atom. The summed E-state index contributed by atoms with van der Waals surface area (Å²) < 4.78 is 11.2. The van der Waals surface area contributed by atoms with Gasteiger partial charge < -0.3 is 20.1 Å². The molecule has 2 N–H and O–H groups in total. The highest BCUT2D eigenvalue weighted by molar-refractivity contribution is 14.0. The van der Waals surface area contributed by atoms with Crippen molar-refractivity contribution in [2.24, 2.45) is 4.99 Å². The van der Waals surface area contributed by atoms with Gasteiger partial charge in [-0.1, -0.05) is 6.07 Å². The number of halogens is 1. The van der Waals surface area contributed by atoms with Crippen LogP contribution in [0.15, 0.2) is 23.2 Å². The van der Waals surface area contributed by atoms with Crippen LogP contribution in [-0.4, -0.2) is 32.8 Å². The molecule has 0 radical (unpaired) electrons. The fourth-order valence-corrected chi connectivity index (χ4v) is 1.99. The molecule has 0 spiro atoms. The van der Waals surface area contributed by atoms with Gasteiger partial charge >= 0.3 is 0 Å². The van der Waals surface area contributed by atoms with Crippen molar-refractivity contribution in [1.82, 2.24) is 10.6 Å². The Labute approximate surface area is 150 Å². The van der Waals surface area contributed by atoms with Crippen molar-refractivity contribution < 1.29 is 9.47 Å². The summed E-state index contributed by atoms with van der Waals surface area (Å²) in [5, 5.41) is 6.53. The van der Waals surface area contributed by atoms with Crippen molar-refractivity contribution in [1.29, 1.82) is 0 Å². The third-order valence-electron chi connectivity index (χ3n) is 2.99. The standard InChI is InChI=1S/C16H27N3O2.HI/c1-6-18-16(17-5)19-12(4)13-9-10-14(20-7-2)15(11-13)21-8-3;/h9-12H,6-8H2,1-5H3,(H2,17,18,19);1H. The number of guanidine groups is 1. The molecule has 0 aliphatic rings. The van der Waals surface area contributed by atoms with Gasteiger partial charge in [-0.2, -0.15) is 0 Å². The van der Waals surface area contributed by atoms with Gasteiger partial charge in [0.15, 0.2) is 17.5 Å². The van der Waals surface area contributed by atoms with E-state index in [0.29, 0.717) is 13.2 Å². The highest BCUT2D eigenvalue weighted by Gasteiger charge is 2.12. The summed E-state index contributed by atoms with van der Waals surface area (Å²) >= 11 is 0. The van der Waals surface area contributed by atoms with E-state index in [1.807, 2.05) is 39.0 Å². The zero-order valence-corrected chi connectivity index (χ0v) is 16.4. The fraction of sp³-hybridized carbons (Fsp3) is 0.562. The molecule has 0 fully saturated rings. The summed E-state index contributed by atoms with van der Waals surface area (Å²) in [7, 11) is 1.77. The van der Waals surface area contributed by atoms with Gasteiger partial charge in [0.1, 0.15) is 0 Å². The predicted molar refractivity (Wildman–Crippen MR) is 103 cm³/mol. The number of nitrogens with zero attached hydrogens (tertiary/aromatic N) is 1. The summed E-state index contributed by atoms with van der Waals surface area (Å²) in [6, 6.07) is 6.14. The highest BCUT2D eigenvalue weighted by Crippen LogP contribution is 2.30. The van der Waals surface area contributed by atoms with Crippen LogP contribution in [0.2, 0.25) is 0 Å². The quantitative estimate of drug-likeness (QED) is 0.403. The number of hydrogen-bond acceptors (Lipinski definition) is 3. The first-order valence-electron chi connectivity index (χ1n) is 7.52. The van der Waals surface area contributed by atoms with Crippen LogP contribution in [0.1, 0.15) is 39.3 Å². The Hall–Kier alpha value is -1.18. The fourth-order valence-electron chi connectivity index (χ4n) is 1.99. The minimum absolute atomic E-state index is 0. The van der Waals surface area contributed by atoms with E-state index < -0.39 is 0 Å². The Balaban J connectivity index is 0.00000441. The second-order valence-corrected chi connectivity index (χ2v) is 4.54. The molecule has 6 heteroatoms. The van der Waals surface area contributed by atoms with Crippen molar-refractivity contribution in [3.8, 4) is 11.5 Å². The van der Waals surface area contributed by atoms with Crippen LogP contribution in [0.3, 0.4) is 0 Å². The Morgan fingerprint density at radius 2 is 1.77 bits per heavy atom. The summed E-state index contributed by atoms with van der Waals surface area (Å²) in [4.78, 5) is 4.19. The van der Waals surface area contributed by atoms with Crippen LogP contribution in [0.25, 0.3) is 0 Å². The number of nitrogens with one attached hydrogen (secondary N) is 2. The first kappa shape index (κ1) is 20.8. The number of aliphatic imine (C=N–C) groups is 1. The summed E-state index contributed by atoms with van der Waals surface area (Å²) in [6.45, 7) is 10.1. The van der Waals surface area contributed by atoms with E-state index in [-0.39, 0.29) is 30.0 Å². The van der Waals surface area contributed by atoms with Gasteiger partial charge in [0.25, 0.3) is 0 Å². The van der Waals surface area contributed by atoms with Crippen molar-refractivity contribution in [2.45, 2.75) is 33.7 Å². The number of hydrogen-bond donors (Lipinski definition) is 2. The number of rotatable bonds is 7.